The van der Waals surface area contributed by atoms with Crippen LogP contribution in [0.4, 0.5) is 0 Å². The normalized spacial score (nSPS) is 13.0. The molecule has 1 atom stereocenters. The van der Waals surface area contributed by atoms with E-state index in [2.05, 4.69) is 19.9 Å². The lowest BCUT2D eigenvalue weighted by Gasteiger charge is -2.14. The molecule has 1 aromatic carbocycles. The monoisotopic (exact) mass is 197 g/mol. The molecule has 0 fully saturated rings. The van der Waals surface area contributed by atoms with Gasteiger partial charge < -0.3 is 5.73 Å². The Morgan fingerprint density at radius 2 is 1.92 bits per heavy atom. The minimum Gasteiger partial charge on any atom is -0.324 e. The van der Waals surface area contributed by atoms with Crippen molar-refractivity contribution < 1.29 is 0 Å². The van der Waals surface area contributed by atoms with Crippen molar-refractivity contribution in [3.8, 4) is 0 Å². The summed E-state index contributed by atoms with van der Waals surface area (Å²) in [5.41, 5.74) is 9.47. The van der Waals surface area contributed by atoms with Crippen LogP contribution in [-0.4, -0.2) is 0 Å². The van der Waals surface area contributed by atoms with Crippen molar-refractivity contribution in [2.24, 2.45) is 5.73 Å². The second-order valence-corrected chi connectivity index (χ2v) is 3.88. The standard InChI is InChI=1S/C11H16ClN/c1-4-11(13)9-5-8(3)10(12)6-7(9)2/h5-6,11H,4,13H2,1-3H3/t11-/m0/s1. The summed E-state index contributed by atoms with van der Waals surface area (Å²) in [4.78, 5) is 0. The fourth-order valence-corrected chi connectivity index (χ4v) is 1.64. The largest absolute Gasteiger partial charge is 0.324 e. The quantitative estimate of drug-likeness (QED) is 0.773. The molecule has 13 heavy (non-hydrogen) atoms. The lowest BCUT2D eigenvalue weighted by atomic mass is 9.98. The molecule has 72 valence electrons. The SMILES string of the molecule is CC[C@H](N)c1cc(C)c(Cl)cc1C. The second-order valence-electron chi connectivity index (χ2n) is 3.47. The number of hydrogen-bond acceptors (Lipinski definition) is 1. The van der Waals surface area contributed by atoms with Gasteiger partial charge in [-0.3, -0.25) is 0 Å². The Hall–Kier alpha value is -0.530. The molecule has 1 rings (SSSR count). The zero-order chi connectivity index (χ0) is 10.0. The average molecular weight is 198 g/mol. The van der Waals surface area contributed by atoms with Gasteiger partial charge in [-0.25, -0.2) is 0 Å². The van der Waals surface area contributed by atoms with Gasteiger partial charge in [0.1, 0.15) is 0 Å². The maximum Gasteiger partial charge on any atom is 0.0438 e. The summed E-state index contributed by atoms with van der Waals surface area (Å²) < 4.78 is 0. The van der Waals surface area contributed by atoms with E-state index in [1.807, 2.05) is 13.0 Å². The molecule has 0 bridgehead atoms. The van der Waals surface area contributed by atoms with Crippen LogP contribution in [-0.2, 0) is 0 Å². The van der Waals surface area contributed by atoms with Crippen molar-refractivity contribution in [3.63, 3.8) is 0 Å². The number of nitrogens with two attached hydrogens (primary N) is 1. The molecular formula is C11H16ClN. The highest BCUT2D eigenvalue weighted by Gasteiger charge is 2.08. The van der Waals surface area contributed by atoms with Crippen LogP contribution in [0.1, 0.15) is 36.1 Å². The molecular weight excluding hydrogens is 182 g/mol. The van der Waals surface area contributed by atoms with Crippen molar-refractivity contribution >= 4 is 11.6 Å². The third-order valence-electron chi connectivity index (χ3n) is 2.39. The summed E-state index contributed by atoms with van der Waals surface area (Å²) in [6.45, 7) is 6.15. The molecule has 0 aliphatic rings. The van der Waals surface area contributed by atoms with Gasteiger partial charge >= 0.3 is 0 Å². The second kappa shape index (κ2) is 4.12. The van der Waals surface area contributed by atoms with Gasteiger partial charge in [-0.05, 0) is 43.0 Å². The summed E-state index contributed by atoms with van der Waals surface area (Å²) >= 11 is 5.99. The number of rotatable bonds is 2. The van der Waals surface area contributed by atoms with Crippen molar-refractivity contribution in [3.05, 3.63) is 33.8 Å². The van der Waals surface area contributed by atoms with Crippen molar-refractivity contribution in [2.75, 3.05) is 0 Å². The van der Waals surface area contributed by atoms with E-state index in [4.69, 9.17) is 17.3 Å². The van der Waals surface area contributed by atoms with Gasteiger partial charge in [-0.1, -0.05) is 24.6 Å². The first-order valence-corrected chi connectivity index (χ1v) is 4.96. The first-order chi connectivity index (χ1) is 6.06. The van der Waals surface area contributed by atoms with Crippen LogP contribution >= 0.6 is 11.6 Å². The first-order valence-electron chi connectivity index (χ1n) is 4.58. The fraction of sp³-hybridized carbons (Fsp3) is 0.455. The maximum atomic E-state index is 5.99. The molecule has 0 aromatic heterocycles. The Labute approximate surface area is 84.9 Å². The summed E-state index contributed by atoms with van der Waals surface area (Å²) in [6, 6.07) is 4.21. The topological polar surface area (TPSA) is 26.0 Å². The van der Waals surface area contributed by atoms with Crippen LogP contribution in [0.3, 0.4) is 0 Å². The Balaban J connectivity index is 3.15. The Bertz CT molecular complexity index is 307. The summed E-state index contributed by atoms with van der Waals surface area (Å²) in [5.74, 6) is 0. The Kier molecular flexibility index (Phi) is 3.34. The molecule has 1 nitrogen and oxygen atoms in total. The van der Waals surface area contributed by atoms with Gasteiger partial charge in [-0.2, -0.15) is 0 Å². The Morgan fingerprint density at radius 1 is 1.31 bits per heavy atom. The third kappa shape index (κ3) is 2.23. The highest BCUT2D eigenvalue weighted by Crippen LogP contribution is 2.25. The van der Waals surface area contributed by atoms with Gasteiger partial charge in [-0.15, -0.1) is 0 Å². The van der Waals surface area contributed by atoms with Crippen LogP contribution in [0, 0.1) is 13.8 Å². The minimum atomic E-state index is 0.135. The molecule has 0 aliphatic heterocycles. The van der Waals surface area contributed by atoms with Crippen LogP contribution in [0.2, 0.25) is 5.02 Å². The van der Waals surface area contributed by atoms with E-state index in [-0.39, 0.29) is 6.04 Å². The van der Waals surface area contributed by atoms with Crippen LogP contribution in [0.25, 0.3) is 0 Å². The molecule has 0 saturated carbocycles. The molecule has 0 saturated heterocycles. The highest BCUT2D eigenvalue weighted by molar-refractivity contribution is 6.31. The lowest BCUT2D eigenvalue weighted by Crippen LogP contribution is -2.10. The van der Waals surface area contributed by atoms with Crippen LogP contribution in [0.5, 0.6) is 0 Å². The molecule has 1 aromatic rings. The summed E-state index contributed by atoms with van der Waals surface area (Å²) in [7, 11) is 0. The number of halogens is 1. The molecule has 0 aliphatic carbocycles. The maximum absolute atomic E-state index is 5.99. The molecule has 2 N–H and O–H groups in total. The van der Waals surface area contributed by atoms with E-state index in [1.165, 1.54) is 11.1 Å². The van der Waals surface area contributed by atoms with Gasteiger partial charge in [0.25, 0.3) is 0 Å². The molecule has 2 heteroatoms. The molecule has 0 spiro atoms. The van der Waals surface area contributed by atoms with E-state index in [9.17, 15) is 0 Å². The predicted octanol–water partition coefficient (Wildman–Crippen LogP) is 3.37. The predicted molar refractivity (Wildman–Crippen MR) is 58.1 cm³/mol. The molecule has 0 heterocycles. The van der Waals surface area contributed by atoms with Crippen LogP contribution < -0.4 is 5.73 Å². The zero-order valence-electron chi connectivity index (χ0n) is 8.39. The number of aryl methyl sites for hydroxylation is 2. The van der Waals surface area contributed by atoms with Crippen molar-refractivity contribution in [2.45, 2.75) is 33.2 Å². The van der Waals surface area contributed by atoms with Crippen molar-refractivity contribution in [1.82, 2.24) is 0 Å². The van der Waals surface area contributed by atoms with E-state index in [0.717, 1.165) is 17.0 Å². The highest BCUT2D eigenvalue weighted by atomic mass is 35.5. The third-order valence-corrected chi connectivity index (χ3v) is 2.79. The minimum absolute atomic E-state index is 0.135. The Morgan fingerprint density at radius 3 is 2.46 bits per heavy atom. The van der Waals surface area contributed by atoms with Gasteiger partial charge in [0.15, 0.2) is 0 Å². The van der Waals surface area contributed by atoms with E-state index >= 15 is 0 Å². The van der Waals surface area contributed by atoms with Crippen molar-refractivity contribution in [1.29, 1.82) is 0 Å². The molecule has 0 unspecified atom stereocenters. The number of hydrogen-bond donors (Lipinski definition) is 1. The van der Waals surface area contributed by atoms with Gasteiger partial charge in [0, 0.05) is 11.1 Å². The van der Waals surface area contributed by atoms with E-state index in [0.29, 0.717) is 0 Å². The number of benzene rings is 1. The molecule has 0 amide bonds. The van der Waals surface area contributed by atoms with Gasteiger partial charge in [0.05, 0.1) is 0 Å². The van der Waals surface area contributed by atoms with Crippen LogP contribution in [0.15, 0.2) is 12.1 Å². The van der Waals surface area contributed by atoms with Gasteiger partial charge in [0.2, 0.25) is 0 Å². The molecule has 0 radical (unpaired) electrons. The lowest BCUT2D eigenvalue weighted by molar-refractivity contribution is 0.693. The summed E-state index contributed by atoms with van der Waals surface area (Å²) in [6.07, 6.45) is 0.960. The summed E-state index contributed by atoms with van der Waals surface area (Å²) in [5, 5.41) is 0.824. The zero-order valence-corrected chi connectivity index (χ0v) is 9.15. The van der Waals surface area contributed by atoms with E-state index < -0.39 is 0 Å². The van der Waals surface area contributed by atoms with E-state index in [1.54, 1.807) is 0 Å². The average Bonchev–Trinajstić information content (AvgIpc) is 2.10. The smallest absolute Gasteiger partial charge is 0.0438 e. The first kappa shape index (κ1) is 10.6. The fourth-order valence-electron chi connectivity index (χ4n) is 1.42.